The number of piperazine rings is 1. The lowest BCUT2D eigenvalue weighted by Crippen LogP contribution is -2.45. The topological polar surface area (TPSA) is 67.1 Å². The molecule has 1 fully saturated rings. The third-order valence-electron chi connectivity index (χ3n) is 4.95. The predicted octanol–water partition coefficient (Wildman–Crippen LogP) is 1.86. The van der Waals surface area contributed by atoms with Gasteiger partial charge >= 0.3 is 0 Å². The number of hydrogen-bond donors (Lipinski definition) is 2. The molecule has 3 N–H and O–H groups in total. The van der Waals surface area contributed by atoms with E-state index in [4.69, 9.17) is 5.73 Å². The summed E-state index contributed by atoms with van der Waals surface area (Å²) in [5, 5.41) is 3.40. The van der Waals surface area contributed by atoms with Gasteiger partial charge in [-0.2, -0.15) is 4.98 Å². The molecular formula is C16H27N5. The molecule has 0 bridgehead atoms. The summed E-state index contributed by atoms with van der Waals surface area (Å²) < 4.78 is 0. The Labute approximate surface area is 127 Å². The second-order valence-corrected chi connectivity index (χ2v) is 6.63. The Morgan fingerprint density at radius 1 is 1.29 bits per heavy atom. The molecule has 1 aliphatic heterocycles. The smallest absolute Gasteiger partial charge is 0.222 e. The number of nitrogens with one attached hydrogen (secondary N) is 1. The van der Waals surface area contributed by atoms with Gasteiger partial charge in [-0.05, 0) is 25.7 Å². The summed E-state index contributed by atoms with van der Waals surface area (Å²) in [6.07, 6.45) is 5.90. The lowest BCUT2D eigenvalue weighted by Gasteiger charge is -2.38. The molecule has 116 valence electrons. The van der Waals surface area contributed by atoms with Crippen molar-refractivity contribution in [1.82, 2.24) is 15.3 Å². The summed E-state index contributed by atoms with van der Waals surface area (Å²) in [5.41, 5.74) is 8.78. The van der Waals surface area contributed by atoms with Crippen LogP contribution in [-0.2, 0) is 11.8 Å². The van der Waals surface area contributed by atoms with Crippen molar-refractivity contribution in [3.8, 4) is 0 Å². The van der Waals surface area contributed by atoms with Gasteiger partial charge in [-0.3, -0.25) is 0 Å². The molecule has 1 atom stereocenters. The Hall–Kier alpha value is -1.36. The molecule has 3 rings (SSSR count). The summed E-state index contributed by atoms with van der Waals surface area (Å²) >= 11 is 0. The van der Waals surface area contributed by atoms with Crippen LogP contribution in [0.25, 0.3) is 0 Å². The van der Waals surface area contributed by atoms with Gasteiger partial charge in [0.1, 0.15) is 5.82 Å². The van der Waals surface area contributed by atoms with Crippen molar-refractivity contribution < 1.29 is 0 Å². The first-order chi connectivity index (χ1) is 10.1. The zero-order valence-corrected chi connectivity index (χ0v) is 13.3. The summed E-state index contributed by atoms with van der Waals surface area (Å²) in [5.74, 6) is 1.53. The highest BCUT2D eigenvalue weighted by molar-refractivity contribution is 5.55. The van der Waals surface area contributed by atoms with E-state index in [0.29, 0.717) is 5.95 Å². The Morgan fingerprint density at radius 3 is 2.76 bits per heavy atom. The van der Waals surface area contributed by atoms with Gasteiger partial charge < -0.3 is 16.0 Å². The highest BCUT2D eigenvalue weighted by Gasteiger charge is 2.35. The fourth-order valence-electron chi connectivity index (χ4n) is 3.93. The Morgan fingerprint density at radius 2 is 2.05 bits per heavy atom. The van der Waals surface area contributed by atoms with Crippen LogP contribution in [0.4, 0.5) is 11.8 Å². The highest BCUT2D eigenvalue weighted by Crippen LogP contribution is 2.42. The maximum Gasteiger partial charge on any atom is 0.222 e. The Bertz CT molecular complexity index is 510. The largest absolute Gasteiger partial charge is 0.368 e. The van der Waals surface area contributed by atoms with Gasteiger partial charge in [0.05, 0.1) is 5.69 Å². The predicted molar refractivity (Wildman–Crippen MR) is 86.7 cm³/mol. The molecule has 2 heterocycles. The molecule has 0 amide bonds. The normalized spacial score (nSPS) is 25.7. The lowest BCUT2D eigenvalue weighted by atomic mass is 9.71. The van der Waals surface area contributed by atoms with Crippen molar-refractivity contribution in [1.29, 1.82) is 0 Å². The van der Waals surface area contributed by atoms with Crippen LogP contribution in [-0.4, -0.2) is 36.1 Å². The maximum absolute atomic E-state index is 6.04. The van der Waals surface area contributed by atoms with Crippen molar-refractivity contribution in [3.63, 3.8) is 0 Å². The standard InChI is InChI=1S/C16H27N5/c1-3-6-16(2)7-4-5-12-13(16)19-15(17)20-14(12)21-10-8-18-9-11-21/h18H,3-11H2,1-2H3,(H2,17,19,20). The number of aromatic nitrogens is 2. The number of nitrogens with two attached hydrogens (primary N) is 1. The van der Waals surface area contributed by atoms with Gasteiger partial charge in [-0.1, -0.05) is 20.3 Å². The van der Waals surface area contributed by atoms with Crippen LogP contribution in [0, 0.1) is 0 Å². The molecule has 0 saturated carbocycles. The number of anilines is 2. The Balaban J connectivity index is 2.04. The van der Waals surface area contributed by atoms with Crippen molar-refractivity contribution in [2.75, 3.05) is 36.8 Å². The third-order valence-corrected chi connectivity index (χ3v) is 4.95. The average Bonchev–Trinajstić information content (AvgIpc) is 2.49. The first kappa shape index (κ1) is 14.6. The van der Waals surface area contributed by atoms with Gasteiger partial charge in [0.15, 0.2) is 0 Å². The summed E-state index contributed by atoms with van der Waals surface area (Å²) in [4.78, 5) is 11.6. The highest BCUT2D eigenvalue weighted by atomic mass is 15.2. The van der Waals surface area contributed by atoms with E-state index in [1.54, 1.807) is 0 Å². The van der Waals surface area contributed by atoms with Gasteiger partial charge in [-0.25, -0.2) is 4.98 Å². The van der Waals surface area contributed by atoms with Crippen molar-refractivity contribution in [3.05, 3.63) is 11.3 Å². The lowest BCUT2D eigenvalue weighted by molar-refractivity contribution is 0.351. The molecular weight excluding hydrogens is 262 g/mol. The minimum atomic E-state index is 0.169. The summed E-state index contributed by atoms with van der Waals surface area (Å²) in [6, 6.07) is 0. The second kappa shape index (κ2) is 5.79. The number of nitrogens with zero attached hydrogens (tertiary/aromatic N) is 3. The van der Waals surface area contributed by atoms with E-state index in [9.17, 15) is 0 Å². The molecule has 0 spiro atoms. The summed E-state index contributed by atoms with van der Waals surface area (Å²) in [6.45, 7) is 8.65. The zero-order chi connectivity index (χ0) is 14.9. The fraction of sp³-hybridized carbons (Fsp3) is 0.750. The Kier molecular flexibility index (Phi) is 4.02. The van der Waals surface area contributed by atoms with Crippen molar-refractivity contribution >= 4 is 11.8 Å². The number of hydrogen-bond acceptors (Lipinski definition) is 5. The van der Waals surface area contributed by atoms with Crippen LogP contribution in [0.3, 0.4) is 0 Å². The van der Waals surface area contributed by atoms with Gasteiger partial charge in [-0.15, -0.1) is 0 Å². The van der Waals surface area contributed by atoms with Crippen LogP contribution in [0.5, 0.6) is 0 Å². The second-order valence-electron chi connectivity index (χ2n) is 6.63. The monoisotopic (exact) mass is 289 g/mol. The average molecular weight is 289 g/mol. The molecule has 0 aromatic carbocycles. The van der Waals surface area contributed by atoms with Crippen LogP contribution in [0.1, 0.15) is 50.8 Å². The van der Waals surface area contributed by atoms with E-state index in [0.717, 1.165) is 38.4 Å². The molecule has 0 radical (unpaired) electrons. The zero-order valence-electron chi connectivity index (χ0n) is 13.3. The van der Waals surface area contributed by atoms with Crippen molar-refractivity contribution in [2.24, 2.45) is 0 Å². The van der Waals surface area contributed by atoms with Crippen molar-refractivity contribution in [2.45, 2.75) is 51.4 Å². The van der Waals surface area contributed by atoms with E-state index in [1.165, 1.54) is 36.9 Å². The third kappa shape index (κ3) is 2.71. The number of rotatable bonds is 3. The molecule has 1 aliphatic carbocycles. The quantitative estimate of drug-likeness (QED) is 0.889. The first-order valence-electron chi connectivity index (χ1n) is 8.26. The van der Waals surface area contributed by atoms with Gasteiger partial charge in [0, 0.05) is 37.2 Å². The molecule has 5 heteroatoms. The number of nitrogen functional groups attached to an aromatic ring is 1. The van der Waals surface area contributed by atoms with Crippen LogP contribution in [0.2, 0.25) is 0 Å². The van der Waals surface area contributed by atoms with Gasteiger partial charge in [0.25, 0.3) is 0 Å². The van der Waals surface area contributed by atoms with E-state index >= 15 is 0 Å². The molecule has 5 nitrogen and oxygen atoms in total. The molecule has 1 saturated heterocycles. The molecule has 1 aromatic heterocycles. The minimum absolute atomic E-state index is 0.169. The fourth-order valence-corrected chi connectivity index (χ4v) is 3.93. The van der Waals surface area contributed by atoms with E-state index in [2.05, 4.69) is 34.0 Å². The molecule has 1 aromatic rings. The SMILES string of the molecule is CCCC1(C)CCCc2c(N3CCNCC3)nc(N)nc21. The van der Waals surface area contributed by atoms with Gasteiger partial charge in [0.2, 0.25) is 5.95 Å². The minimum Gasteiger partial charge on any atom is -0.368 e. The van der Waals surface area contributed by atoms with Crippen LogP contribution >= 0.6 is 0 Å². The van der Waals surface area contributed by atoms with E-state index < -0.39 is 0 Å². The van der Waals surface area contributed by atoms with Crippen LogP contribution in [0.15, 0.2) is 0 Å². The van der Waals surface area contributed by atoms with E-state index in [-0.39, 0.29) is 5.41 Å². The molecule has 2 aliphatic rings. The first-order valence-corrected chi connectivity index (χ1v) is 8.26. The maximum atomic E-state index is 6.04. The molecule has 21 heavy (non-hydrogen) atoms. The summed E-state index contributed by atoms with van der Waals surface area (Å²) in [7, 11) is 0. The number of fused-ring (bicyclic) bond motifs is 1. The molecule has 1 unspecified atom stereocenters. The van der Waals surface area contributed by atoms with Crippen LogP contribution < -0.4 is 16.0 Å². The van der Waals surface area contributed by atoms with E-state index in [1.807, 2.05) is 0 Å².